The number of carbonyl (C=O) groups is 1. The van der Waals surface area contributed by atoms with E-state index in [1.165, 1.54) is 6.20 Å². The van der Waals surface area contributed by atoms with Gasteiger partial charge in [0, 0.05) is 24.8 Å². The van der Waals surface area contributed by atoms with Crippen LogP contribution in [0.5, 0.6) is 0 Å². The Morgan fingerprint density at radius 2 is 2.00 bits per heavy atom. The van der Waals surface area contributed by atoms with Gasteiger partial charge in [-0.05, 0) is 31.2 Å². The second-order valence-corrected chi connectivity index (χ2v) is 4.54. The van der Waals surface area contributed by atoms with Gasteiger partial charge in [-0.2, -0.15) is 0 Å². The number of rotatable bonds is 3. The van der Waals surface area contributed by atoms with Crippen molar-refractivity contribution in [3.8, 4) is 5.69 Å². The molecule has 3 rings (SSSR count). The normalized spacial score (nSPS) is 10.6. The molecule has 0 aliphatic heterocycles. The van der Waals surface area contributed by atoms with Gasteiger partial charge in [-0.25, -0.2) is 9.78 Å². The fraction of sp³-hybridized carbons (Fsp3) is 0.125. The molecule has 3 aromatic heterocycles. The van der Waals surface area contributed by atoms with Gasteiger partial charge in [-0.1, -0.05) is 0 Å². The summed E-state index contributed by atoms with van der Waals surface area (Å²) >= 11 is 0. The first kappa shape index (κ1) is 13.9. The molecule has 0 radical (unpaired) electrons. The molecule has 0 aromatic carbocycles. The molecule has 0 bridgehead atoms. The summed E-state index contributed by atoms with van der Waals surface area (Å²) in [5, 5.41) is 0.366. The predicted octanol–water partition coefficient (Wildman–Crippen LogP) is 1.96. The van der Waals surface area contributed by atoms with Crippen molar-refractivity contribution < 1.29 is 9.53 Å². The summed E-state index contributed by atoms with van der Waals surface area (Å²) in [7, 11) is 0. The zero-order chi connectivity index (χ0) is 15.5. The molecular formula is C16H13N3O3. The first-order chi connectivity index (χ1) is 10.7. The number of nitrogens with zero attached hydrogens (tertiary/aromatic N) is 3. The summed E-state index contributed by atoms with van der Waals surface area (Å²) in [6, 6.07) is 6.85. The smallest absolute Gasteiger partial charge is 0.343 e. The molecule has 0 unspecified atom stereocenters. The average molecular weight is 295 g/mol. The highest BCUT2D eigenvalue weighted by Crippen LogP contribution is 2.15. The molecule has 0 spiro atoms. The van der Waals surface area contributed by atoms with Crippen LogP contribution in [0.4, 0.5) is 0 Å². The predicted molar refractivity (Wildman–Crippen MR) is 81.1 cm³/mol. The molecule has 6 heteroatoms. The minimum Gasteiger partial charge on any atom is -0.462 e. The molecule has 0 fully saturated rings. The maximum Gasteiger partial charge on any atom is 0.343 e. The Morgan fingerprint density at radius 3 is 2.73 bits per heavy atom. The highest BCUT2D eigenvalue weighted by atomic mass is 16.5. The third kappa shape index (κ3) is 2.35. The minimum absolute atomic E-state index is 0.0147. The molecule has 0 saturated heterocycles. The largest absolute Gasteiger partial charge is 0.462 e. The van der Waals surface area contributed by atoms with E-state index in [1.807, 2.05) is 0 Å². The second kappa shape index (κ2) is 5.77. The minimum atomic E-state index is -0.638. The number of aromatic nitrogens is 3. The van der Waals surface area contributed by atoms with E-state index in [-0.39, 0.29) is 17.6 Å². The van der Waals surface area contributed by atoms with Crippen LogP contribution in [0.3, 0.4) is 0 Å². The van der Waals surface area contributed by atoms with Crippen LogP contribution in [-0.4, -0.2) is 27.1 Å². The number of ether oxygens (including phenoxy) is 1. The number of esters is 1. The number of pyridine rings is 3. The Kier molecular flexibility index (Phi) is 3.65. The summed E-state index contributed by atoms with van der Waals surface area (Å²) in [6.07, 6.45) is 6.33. The van der Waals surface area contributed by atoms with Crippen molar-refractivity contribution >= 4 is 17.0 Å². The lowest BCUT2D eigenvalue weighted by molar-refractivity contribution is 0.0524. The molecule has 0 saturated carbocycles. The lowest BCUT2D eigenvalue weighted by atomic mass is 10.2. The van der Waals surface area contributed by atoms with Gasteiger partial charge in [-0.15, -0.1) is 0 Å². The SMILES string of the molecule is CCOC(=O)c1cn(-c2ccncc2)c2ncccc2c1=O. The molecule has 22 heavy (non-hydrogen) atoms. The van der Waals surface area contributed by atoms with Crippen LogP contribution in [0.25, 0.3) is 16.7 Å². The molecular weight excluding hydrogens is 282 g/mol. The topological polar surface area (TPSA) is 74.1 Å². The molecule has 110 valence electrons. The third-order valence-electron chi connectivity index (χ3n) is 3.20. The van der Waals surface area contributed by atoms with E-state index in [0.29, 0.717) is 11.0 Å². The number of fused-ring (bicyclic) bond motifs is 1. The first-order valence-electron chi connectivity index (χ1n) is 6.80. The summed E-state index contributed by atoms with van der Waals surface area (Å²) in [6.45, 7) is 1.90. The van der Waals surface area contributed by atoms with Gasteiger partial charge < -0.3 is 9.30 Å². The van der Waals surface area contributed by atoms with E-state index >= 15 is 0 Å². The fourth-order valence-electron chi connectivity index (χ4n) is 2.22. The highest BCUT2D eigenvalue weighted by molar-refractivity contribution is 5.93. The van der Waals surface area contributed by atoms with Crippen molar-refractivity contribution in [2.45, 2.75) is 6.92 Å². The van der Waals surface area contributed by atoms with Crippen molar-refractivity contribution in [2.75, 3.05) is 6.61 Å². The van der Waals surface area contributed by atoms with Gasteiger partial charge in [0.05, 0.1) is 17.7 Å². The summed E-state index contributed by atoms with van der Waals surface area (Å²) in [5.41, 5.74) is 0.835. The number of carbonyl (C=O) groups excluding carboxylic acids is 1. The Bertz CT molecular complexity index is 888. The van der Waals surface area contributed by atoms with Crippen LogP contribution < -0.4 is 5.43 Å². The van der Waals surface area contributed by atoms with E-state index in [0.717, 1.165) is 5.69 Å². The monoisotopic (exact) mass is 295 g/mol. The van der Waals surface area contributed by atoms with Crippen molar-refractivity contribution in [3.05, 3.63) is 64.8 Å². The van der Waals surface area contributed by atoms with E-state index in [1.54, 1.807) is 54.3 Å². The molecule has 0 N–H and O–H groups in total. The lowest BCUT2D eigenvalue weighted by Crippen LogP contribution is -2.21. The van der Waals surface area contributed by atoms with Crippen molar-refractivity contribution in [2.24, 2.45) is 0 Å². The van der Waals surface area contributed by atoms with E-state index < -0.39 is 5.97 Å². The van der Waals surface area contributed by atoms with E-state index in [2.05, 4.69) is 9.97 Å². The first-order valence-corrected chi connectivity index (χ1v) is 6.80. The fourth-order valence-corrected chi connectivity index (χ4v) is 2.22. The van der Waals surface area contributed by atoms with E-state index in [9.17, 15) is 9.59 Å². The molecule has 0 amide bonds. The Morgan fingerprint density at radius 1 is 1.23 bits per heavy atom. The molecule has 3 heterocycles. The molecule has 3 aromatic rings. The van der Waals surface area contributed by atoms with Crippen LogP contribution in [0.15, 0.2) is 53.8 Å². The van der Waals surface area contributed by atoms with Crippen molar-refractivity contribution in [1.82, 2.24) is 14.5 Å². The van der Waals surface area contributed by atoms with Crippen molar-refractivity contribution in [1.29, 1.82) is 0 Å². The number of hydrogen-bond donors (Lipinski definition) is 0. The van der Waals surface area contributed by atoms with Crippen LogP contribution in [0.1, 0.15) is 17.3 Å². The summed E-state index contributed by atoms with van der Waals surface area (Å²) in [4.78, 5) is 32.7. The zero-order valence-corrected chi connectivity index (χ0v) is 11.9. The van der Waals surface area contributed by atoms with Gasteiger partial charge in [-0.3, -0.25) is 9.78 Å². The average Bonchev–Trinajstić information content (AvgIpc) is 2.56. The molecule has 0 aliphatic rings. The van der Waals surface area contributed by atoms with Gasteiger partial charge in [0.2, 0.25) is 5.43 Å². The maximum absolute atomic E-state index is 12.5. The summed E-state index contributed by atoms with van der Waals surface area (Å²) < 4.78 is 6.65. The molecule has 0 aliphatic carbocycles. The Hall–Kier alpha value is -3.02. The number of hydrogen-bond acceptors (Lipinski definition) is 5. The van der Waals surface area contributed by atoms with Crippen LogP contribution in [0, 0.1) is 0 Å². The maximum atomic E-state index is 12.5. The van der Waals surface area contributed by atoms with Crippen LogP contribution >= 0.6 is 0 Å². The van der Waals surface area contributed by atoms with Crippen LogP contribution in [0.2, 0.25) is 0 Å². The van der Waals surface area contributed by atoms with E-state index in [4.69, 9.17) is 4.74 Å². The molecule has 6 nitrogen and oxygen atoms in total. The quantitative estimate of drug-likeness (QED) is 0.690. The van der Waals surface area contributed by atoms with Gasteiger partial charge in [0.15, 0.2) is 0 Å². The molecule has 0 atom stereocenters. The van der Waals surface area contributed by atoms with Gasteiger partial charge in [0.1, 0.15) is 11.2 Å². The summed E-state index contributed by atoms with van der Waals surface area (Å²) in [5.74, 6) is -0.638. The highest BCUT2D eigenvalue weighted by Gasteiger charge is 2.17. The Labute approximate surface area is 126 Å². The van der Waals surface area contributed by atoms with Gasteiger partial charge >= 0.3 is 5.97 Å². The zero-order valence-electron chi connectivity index (χ0n) is 11.9. The second-order valence-electron chi connectivity index (χ2n) is 4.54. The standard InChI is InChI=1S/C16H13N3O3/c1-2-22-16(21)13-10-19(11-5-8-17-9-6-11)15-12(14(13)20)4-3-7-18-15/h3-10H,2H2,1H3. The Balaban J connectivity index is 2.34. The van der Waals surface area contributed by atoms with Gasteiger partial charge in [0.25, 0.3) is 0 Å². The lowest BCUT2D eigenvalue weighted by Gasteiger charge is -2.11. The third-order valence-corrected chi connectivity index (χ3v) is 3.20. The van der Waals surface area contributed by atoms with Crippen LogP contribution in [-0.2, 0) is 4.74 Å². The van der Waals surface area contributed by atoms with Crippen molar-refractivity contribution in [3.63, 3.8) is 0 Å².